The molecular formula is C16H23N3O2. The molecule has 0 aliphatic heterocycles. The Morgan fingerprint density at radius 1 is 1.24 bits per heavy atom. The highest BCUT2D eigenvalue weighted by Gasteiger charge is 2.23. The van der Waals surface area contributed by atoms with Gasteiger partial charge in [0, 0.05) is 13.2 Å². The lowest BCUT2D eigenvalue weighted by Crippen LogP contribution is -2.24. The SMILES string of the molecule is CCCNC(c1cn(C)cn1)c1c(OC)cccc1OC. The van der Waals surface area contributed by atoms with Gasteiger partial charge in [-0.2, -0.15) is 0 Å². The third kappa shape index (κ3) is 3.36. The first-order chi connectivity index (χ1) is 10.2. The topological polar surface area (TPSA) is 48.3 Å². The number of benzene rings is 1. The first-order valence-corrected chi connectivity index (χ1v) is 7.13. The molecule has 0 radical (unpaired) electrons. The molecule has 0 spiro atoms. The molecule has 0 fully saturated rings. The largest absolute Gasteiger partial charge is 0.496 e. The minimum Gasteiger partial charge on any atom is -0.496 e. The van der Waals surface area contributed by atoms with Crippen LogP contribution in [0.2, 0.25) is 0 Å². The fourth-order valence-electron chi connectivity index (χ4n) is 2.39. The van der Waals surface area contributed by atoms with E-state index in [0.29, 0.717) is 0 Å². The Labute approximate surface area is 125 Å². The molecule has 2 aromatic rings. The zero-order valence-electron chi connectivity index (χ0n) is 13.1. The summed E-state index contributed by atoms with van der Waals surface area (Å²) in [6, 6.07) is 5.76. The maximum absolute atomic E-state index is 5.52. The van der Waals surface area contributed by atoms with Gasteiger partial charge in [-0.15, -0.1) is 0 Å². The van der Waals surface area contributed by atoms with Crippen LogP contribution in [-0.2, 0) is 7.05 Å². The van der Waals surface area contributed by atoms with E-state index in [1.807, 2.05) is 36.0 Å². The summed E-state index contributed by atoms with van der Waals surface area (Å²) in [6.45, 7) is 3.03. The molecule has 1 aromatic carbocycles. The molecule has 1 unspecified atom stereocenters. The minimum absolute atomic E-state index is 0.0581. The van der Waals surface area contributed by atoms with Crippen molar-refractivity contribution in [1.29, 1.82) is 0 Å². The molecule has 0 saturated heterocycles. The van der Waals surface area contributed by atoms with E-state index in [4.69, 9.17) is 9.47 Å². The Morgan fingerprint density at radius 3 is 2.38 bits per heavy atom. The van der Waals surface area contributed by atoms with Gasteiger partial charge in [-0.3, -0.25) is 0 Å². The highest BCUT2D eigenvalue weighted by Crippen LogP contribution is 2.36. The third-order valence-electron chi connectivity index (χ3n) is 3.37. The van der Waals surface area contributed by atoms with Crippen molar-refractivity contribution in [3.8, 4) is 11.5 Å². The third-order valence-corrected chi connectivity index (χ3v) is 3.37. The van der Waals surface area contributed by atoms with Gasteiger partial charge in [0.2, 0.25) is 0 Å². The molecule has 5 nitrogen and oxygen atoms in total. The fraction of sp³-hybridized carbons (Fsp3) is 0.438. The zero-order valence-corrected chi connectivity index (χ0v) is 13.1. The maximum atomic E-state index is 5.52. The molecule has 1 heterocycles. The summed E-state index contributed by atoms with van der Waals surface area (Å²) in [7, 11) is 5.31. The number of aryl methyl sites for hydroxylation is 1. The van der Waals surface area contributed by atoms with Crippen molar-refractivity contribution in [2.75, 3.05) is 20.8 Å². The Hall–Kier alpha value is -2.01. The van der Waals surface area contributed by atoms with Crippen LogP contribution in [0.3, 0.4) is 0 Å². The standard InChI is InChI=1S/C16H23N3O2/c1-5-9-17-16(12-10-19(2)11-18-12)15-13(20-3)7-6-8-14(15)21-4/h6-8,10-11,16-17H,5,9H2,1-4H3. The second-order valence-corrected chi connectivity index (χ2v) is 4.93. The van der Waals surface area contributed by atoms with Gasteiger partial charge in [0.05, 0.1) is 37.8 Å². The first-order valence-electron chi connectivity index (χ1n) is 7.13. The number of rotatable bonds is 7. The highest BCUT2D eigenvalue weighted by molar-refractivity contribution is 5.49. The van der Waals surface area contributed by atoms with E-state index in [9.17, 15) is 0 Å². The lowest BCUT2D eigenvalue weighted by atomic mass is 10.0. The number of hydrogen-bond acceptors (Lipinski definition) is 4. The van der Waals surface area contributed by atoms with E-state index in [1.54, 1.807) is 20.5 Å². The fourth-order valence-corrected chi connectivity index (χ4v) is 2.39. The normalized spacial score (nSPS) is 12.2. The van der Waals surface area contributed by atoms with Crippen molar-refractivity contribution in [3.05, 3.63) is 42.0 Å². The van der Waals surface area contributed by atoms with Gasteiger partial charge < -0.3 is 19.4 Å². The predicted molar refractivity (Wildman–Crippen MR) is 82.9 cm³/mol. The van der Waals surface area contributed by atoms with Crippen molar-refractivity contribution < 1.29 is 9.47 Å². The summed E-state index contributed by atoms with van der Waals surface area (Å²) < 4.78 is 13.0. The Bertz CT molecular complexity index is 558. The van der Waals surface area contributed by atoms with Crippen LogP contribution in [-0.4, -0.2) is 30.3 Å². The van der Waals surface area contributed by atoms with Crippen molar-refractivity contribution >= 4 is 0 Å². The van der Waals surface area contributed by atoms with Crippen LogP contribution in [0.25, 0.3) is 0 Å². The summed E-state index contributed by atoms with van der Waals surface area (Å²) in [6.07, 6.45) is 4.86. The molecule has 5 heteroatoms. The second kappa shape index (κ2) is 7.13. The number of nitrogens with zero attached hydrogens (tertiary/aromatic N) is 2. The summed E-state index contributed by atoms with van der Waals surface area (Å²) in [4.78, 5) is 4.49. The summed E-state index contributed by atoms with van der Waals surface area (Å²) >= 11 is 0. The molecule has 0 bridgehead atoms. The van der Waals surface area contributed by atoms with Crippen molar-refractivity contribution in [3.63, 3.8) is 0 Å². The first kappa shape index (κ1) is 15.4. The minimum atomic E-state index is -0.0581. The molecule has 0 aliphatic carbocycles. The summed E-state index contributed by atoms with van der Waals surface area (Å²) in [5.74, 6) is 1.60. The van der Waals surface area contributed by atoms with Crippen LogP contribution >= 0.6 is 0 Å². The lowest BCUT2D eigenvalue weighted by molar-refractivity contribution is 0.376. The van der Waals surface area contributed by atoms with Gasteiger partial charge in [0.1, 0.15) is 11.5 Å². The van der Waals surface area contributed by atoms with Crippen LogP contribution in [0.15, 0.2) is 30.7 Å². The molecule has 21 heavy (non-hydrogen) atoms. The Kier molecular flexibility index (Phi) is 5.22. The Morgan fingerprint density at radius 2 is 1.90 bits per heavy atom. The van der Waals surface area contributed by atoms with Gasteiger partial charge in [0.25, 0.3) is 0 Å². The van der Waals surface area contributed by atoms with Gasteiger partial charge in [-0.05, 0) is 25.1 Å². The molecule has 0 saturated carbocycles. The molecule has 1 aromatic heterocycles. The van der Waals surface area contributed by atoms with E-state index in [1.165, 1.54) is 0 Å². The number of imidazole rings is 1. The summed E-state index contributed by atoms with van der Waals surface area (Å²) in [5.41, 5.74) is 1.93. The zero-order chi connectivity index (χ0) is 15.2. The van der Waals surface area contributed by atoms with Gasteiger partial charge in [0.15, 0.2) is 0 Å². The van der Waals surface area contributed by atoms with Crippen molar-refractivity contribution in [2.45, 2.75) is 19.4 Å². The monoisotopic (exact) mass is 289 g/mol. The molecule has 1 atom stereocenters. The van der Waals surface area contributed by atoms with E-state index in [-0.39, 0.29) is 6.04 Å². The van der Waals surface area contributed by atoms with Gasteiger partial charge in [-0.1, -0.05) is 13.0 Å². The van der Waals surface area contributed by atoms with E-state index in [2.05, 4.69) is 17.2 Å². The number of hydrogen-bond donors (Lipinski definition) is 1. The molecule has 1 N–H and O–H groups in total. The van der Waals surface area contributed by atoms with Crippen LogP contribution in [0.1, 0.15) is 30.6 Å². The highest BCUT2D eigenvalue weighted by atomic mass is 16.5. The lowest BCUT2D eigenvalue weighted by Gasteiger charge is -2.22. The van der Waals surface area contributed by atoms with Crippen molar-refractivity contribution in [1.82, 2.24) is 14.9 Å². The van der Waals surface area contributed by atoms with Crippen molar-refractivity contribution in [2.24, 2.45) is 7.05 Å². The number of aromatic nitrogens is 2. The molecule has 114 valence electrons. The smallest absolute Gasteiger partial charge is 0.127 e. The summed E-state index contributed by atoms with van der Waals surface area (Å²) in [5, 5.41) is 3.53. The molecule has 2 rings (SSSR count). The predicted octanol–water partition coefficient (Wildman–Crippen LogP) is 2.53. The van der Waals surface area contributed by atoms with E-state index < -0.39 is 0 Å². The quantitative estimate of drug-likeness (QED) is 0.851. The molecule has 0 amide bonds. The maximum Gasteiger partial charge on any atom is 0.127 e. The number of methoxy groups -OCH3 is 2. The average molecular weight is 289 g/mol. The van der Waals surface area contributed by atoms with Gasteiger partial charge >= 0.3 is 0 Å². The number of ether oxygens (including phenoxy) is 2. The Balaban J connectivity index is 2.50. The van der Waals surface area contributed by atoms with Crippen LogP contribution in [0.5, 0.6) is 11.5 Å². The number of nitrogens with one attached hydrogen (secondary N) is 1. The van der Waals surface area contributed by atoms with Crippen LogP contribution in [0, 0.1) is 0 Å². The molecular weight excluding hydrogens is 266 g/mol. The second-order valence-electron chi connectivity index (χ2n) is 4.93. The average Bonchev–Trinajstić information content (AvgIpc) is 2.94. The van der Waals surface area contributed by atoms with Gasteiger partial charge in [-0.25, -0.2) is 4.98 Å². The van der Waals surface area contributed by atoms with E-state index in [0.717, 1.165) is 35.7 Å². The van der Waals surface area contributed by atoms with Crippen LogP contribution in [0.4, 0.5) is 0 Å². The molecule has 0 aliphatic rings. The van der Waals surface area contributed by atoms with E-state index >= 15 is 0 Å². The van der Waals surface area contributed by atoms with Crippen LogP contribution < -0.4 is 14.8 Å².